The van der Waals surface area contributed by atoms with Gasteiger partial charge in [0.05, 0.1) is 14.2 Å². The van der Waals surface area contributed by atoms with E-state index in [4.69, 9.17) is 21.1 Å². The van der Waals surface area contributed by atoms with E-state index >= 15 is 0 Å². The van der Waals surface area contributed by atoms with Crippen LogP contribution in [0.5, 0.6) is 11.5 Å². The quantitative estimate of drug-likeness (QED) is 0.719. The maximum Gasteiger partial charge on any atom is 0.126 e. The largest absolute Gasteiger partial charge is 0.497 e. The summed E-state index contributed by atoms with van der Waals surface area (Å²) in [5.74, 6) is 2.75. The monoisotopic (exact) mass is 228 g/mol. The van der Waals surface area contributed by atoms with E-state index in [9.17, 15) is 0 Å². The molecule has 1 aromatic rings. The lowest BCUT2D eigenvalue weighted by molar-refractivity contribution is 0.388. The smallest absolute Gasteiger partial charge is 0.126 e. The summed E-state index contributed by atoms with van der Waals surface area (Å²) in [6, 6.07) is 5.89. The van der Waals surface area contributed by atoms with Crippen molar-refractivity contribution in [1.82, 2.24) is 0 Å². The van der Waals surface area contributed by atoms with Crippen LogP contribution in [0.4, 0.5) is 0 Å². The first-order valence-electron chi connectivity index (χ1n) is 5.00. The number of alkyl halides is 1. The molecule has 1 aromatic carbocycles. The number of ether oxygens (including phenoxy) is 2. The number of halogens is 1. The molecule has 1 rings (SSSR count). The number of benzene rings is 1. The van der Waals surface area contributed by atoms with Gasteiger partial charge in [0.1, 0.15) is 11.5 Å². The molecule has 0 spiro atoms. The molecule has 1 unspecified atom stereocenters. The molecule has 2 nitrogen and oxygen atoms in total. The summed E-state index contributed by atoms with van der Waals surface area (Å²) >= 11 is 5.73. The van der Waals surface area contributed by atoms with Gasteiger partial charge in [0.25, 0.3) is 0 Å². The molecular formula is C12H17ClO2. The Morgan fingerprint density at radius 3 is 2.53 bits per heavy atom. The van der Waals surface area contributed by atoms with Gasteiger partial charge in [-0.1, -0.05) is 13.0 Å². The van der Waals surface area contributed by atoms with Gasteiger partial charge in [-0.05, 0) is 24.0 Å². The van der Waals surface area contributed by atoms with Crippen LogP contribution in [0, 0.1) is 0 Å². The predicted octanol–water partition coefficient (Wildman–Crippen LogP) is 3.44. The molecule has 0 aliphatic carbocycles. The predicted molar refractivity (Wildman–Crippen MR) is 63.3 cm³/mol. The second kappa shape index (κ2) is 5.86. The molecule has 1 atom stereocenters. The zero-order valence-corrected chi connectivity index (χ0v) is 10.2. The second-order valence-electron chi connectivity index (χ2n) is 3.49. The van der Waals surface area contributed by atoms with E-state index in [0.29, 0.717) is 11.8 Å². The summed E-state index contributed by atoms with van der Waals surface area (Å²) in [6.07, 6.45) is 0.949. The Bertz CT molecular complexity index is 312. The van der Waals surface area contributed by atoms with Crippen molar-refractivity contribution >= 4 is 11.6 Å². The molecule has 0 N–H and O–H groups in total. The van der Waals surface area contributed by atoms with Crippen molar-refractivity contribution in [3.05, 3.63) is 23.8 Å². The van der Waals surface area contributed by atoms with Gasteiger partial charge in [-0.2, -0.15) is 0 Å². The fourth-order valence-electron chi connectivity index (χ4n) is 1.54. The molecule has 3 heteroatoms. The maximum absolute atomic E-state index is 5.73. The fourth-order valence-corrected chi connectivity index (χ4v) is 1.87. The SMILES string of the molecule is COc1ccc(C(C)CCCl)c(OC)c1. The molecule has 0 saturated heterocycles. The Balaban J connectivity index is 2.96. The molecule has 0 aliphatic heterocycles. The van der Waals surface area contributed by atoms with Gasteiger partial charge in [-0.15, -0.1) is 11.6 Å². The summed E-state index contributed by atoms with van der Waals surface area (Å²) in [5.41, 5.74) is 1.18. The van der Waals surface area contributed by atoms with Crippen molar-refractivity contribution < 1.29 is 9.47 Å². The third kappa shape index (κ3) is 3.03. The Labute approximate surface area is 96.2 Å². The lowest BCUT2D eigenvalue weighted by Gasteiger charge is -2.15. The van der Waals surface area contributed by atoms with E-state index in [1.165, 1.54) is 5.56 Å². The van der Waals surface area contributed by atoms with Crippen LogP contribution in [0.2, 0.25) is 0 Å². The van der Waals surface area contributed by atoms with Crippen molar-refractivity contribution in [2.45, 2.75) is 19.3 Å². The van der Waals surface area contributed by atoms with Crippen LogP contribution in [0.15, 0.2) is 18.2 Å². The van der Waals surface area contributed by atoms with Crippen LogP contribution in [0.25, 0.3) is 0 Å². The topological polar surface area (TPSA) is 18.5 Å². The Morgan fingerprint density at radius 2 is 2.00 bits per heavy atom. The van der Waals surface area contributed by atoms with Crippen molar-refractivity contribution in [3.8, 4) is 11.5 Å². The molecule has 0 fully saturated rings. The minimum atomic E-state index is 0.406. The average Bonchev–Trinajstić information content (AvgIpc) is 2.28. The van der Waals surface area contributed by atoms with Gasteiger partial charge in [0.2, 0.25) is 0 Å². The average molecular weight is 229 g/mol. The number of methoxy groups -OCH3 is 2. The molecule has 0 amide bonds. The van der Waals surface area contributed by atoms with E-state index in [1.54, 1.807) is 14.2 Å². The summed E-state index contributed by atoms with van der Waals surface area (Å²) in [6.45, 7) is 2.15. The summed E-state index contributed by atoms with van der Waals surface area (Å²) < 4.78 is 10.5. The van der Waals surface area contributed by atoms with E-state index in [-0.39, 0.29) is 0 Å². The molecule has 0 bridgehead atoms. The number of hydrogen-bond acceptors (Lipinski definition) is 2. The van der Waals surface area contributed by atoms with Crippen LogP contribution < -0.4 is 9.47 Å². The summed E-state index contributed by atoms with van der Waals surface area (Å²) in [4.78, 5) is 0. The highest BCUT2D eigenvalue weighted by atomic mass is 35.5. The van der Waals surface area contributed by atoms with Crippen LogP contribution in [-0.2, 0) is 0 Å². The third-order valence-corrected chi connectivity index (χ3v) is 2.73. The Morgan fingerprint density at radius 1 is 1.27 bits per heavy atom. The van der Waals surface area contributed by atoms with E-state index < -0.39 is 0 Å². The minimum Gasteiger partial charge on any atom is -0.497 e. The third-order valence-electron chi connectivity index (χ3n) is 2.51. The first-order valence-corrected chi connectivity index (χ1v) is 5.54. The first-order chi connectivity index (χ1) is 7.22. The fraction of sp³-hybridized carbons (Fsp3) is 0.500. The maximum atomic E-state index is 5.73. The standard InChI is InChI=1S/C12H17ClO2/c1-9(6-7-13)11-5-4-10(14-2)8-12(11)15-3/h4-5,8-9H,6-7H2,1-3H3. The highest BCUT2D eigenvalue weighted by Crippen LogP contribution is 2.32. The van der Waals surface area contributed by atoms with Crippen LogP contribution in [0.1, 0.15) is 24.8 Å². The van der Waals surface area contributed by atoms with E-state index in [1.807, 2.05) is 18.2 Å². The highest BCUT2D eigenvalue weighted by Gasteiger charge is 2.11. The molecular weight excluding hydrogens is 212 g/mol. The highest BCUT2D eigenvalue weighted by molar-refractivity contribution is 6.17. The van der Waals surface area contributed by atoms with Gasteiger partial charge in [0.15, 0.2) is 0 Å². The Kier molecular flexibility index (Phi) is 4.76. The van der Waals surface area contributed by atoms with Crippen LogP contribution in [0.3, 0.4) is 0 Å². The van der Waals surface area contributed by atoms with E-state index in [0.717, 1.165) is 17.9 Å². The summed E-state index contributed by atoms with van der Waals surface area (Å²) in [5, 5.41) is 0. The second-order valence-corrected chi connectivity index (χ2v) is 3.86. The lowest BCUT2D eigenvalue weighted by Crippen LogP contribution is -1.99. The van der Waals surface area contributed by atoms with E-state index in [2.05, 4.69) is 6.92 Å². The zero-order valence-electron chi connectivity index (χ0n) is 9.42. The molecule has 0 aromatic heterocycles. The molecule has 84 valence electrons. The molecule has 0 radical (unpaired) electrons. The summed E-state index contributed by atoms with van der Waals surface area (Å²) in [7, 11) is 3.32. The molecule has 0 aliphatic rings. The first kappa shape index (κ1) is 12.2. The molecule has 15 heavy (non-hydrogen) atoms. The van der Waals surface area contributed by atoms with Crippen molar-refractivity contribution in [2.75, 3.05) is 20.1 Å². The van der Waals surface area contributed by atoms with Gasteiger partial charge in [-0.25, -0.2) is 0 Å². The van der Waals surface area contributed by atoms with Crippen molar-refractivity contribution in [2.24, 2.45) is 0 Å². The van der Waals surface area contributed by atoms with Crippen LogP contribution >= 0.6 is 11.6 Å². The van der Waals surface area contributed by atoms with Crippen molar-refractivity contribution in [1.29, 1.82) is 0 Å². The minimum absolute atomic E-state index is 0.406. The number of hydrogen-bond donors (Lipinski definition) is 0. The van der Waals surface area contributed by atoms with Gasteiger partial charge >= 0.3 is 0 Å². The van der Waals surface area contributed by atoms with Gasteiger partial charge < -0.3 is 9.47 Å². The van der Waals surface area contributed by atoms with Gasteiger partial charge in [0, 0.05) is 11.9 Å². The lowest BCUT2D eigenvalue weighted by atomic mass is 9.97. The van der Waals surface area contributed by atoms with Crippen molar-refractivity contribution in [3.63, 3.8) is 0 Å². The number of rotatable bonds is 5. The van der Waals surface area contributed by atoms with Crippen LogP contribution in [-0.4, -0.2) is 20.1 Å². The normalized spacial score (nSPS) is 12.3. The van der Waals surface area contributed by atoms with Gasteiger partial charge in [-0.3, -0.25) is 0 Å². The molecule has 0 heterocycles. The Hall–Kier alpha value is -0.890. The zero-order chi connectivity index (χ0) is 11.3. The molecule has 0 saturated carbocycles.